The normalized spacial score (nSPS) is 11.9. The molecule has 0 saturated heterocycles. The number of amides is 1. The molecule has 0 spiro atoms. The minimum atomic E-state index is -1.06. The third kappa shape index (κ3) is 2.61. The second-order valence-electron chi connectivity index (χ2n) is 3.54. The molecule has 1 unspecified atom stereocenters. The zero-order valence-electron chi connectivity index (χ0n) is 8.98. The van der Waals surface area contributed by atoms with Gasteiger partial charge in [-0.2, -0.15) is 0 Å². The molecule has 1 rings (SSSR count). The van der Waals surface area contributed by atoms with Crippen molar-refractivity contribution in [2.75, 3.05) is 7.05 Å². The van der Waals surface area contributed by atoms with Gasteiger partial charge in [0, 0.05) is 17.1 Å². The standard InChI is InChI=1S/C11H12BrNO3/c1-7-3-4-8(9(12)5-7)10(11(15)16)13(2)6-14/h3-6,10H,1-2H3,(H,15,16). The molecule has 1 aromatic rings. The highest BCUT2D eigenvalue weighted by atomic mass is 79.9. The van der Waals surface area contributed by atoms with E-state index >= 15 is 0 Å². The summed E-state index contributed by atoms with van der Waals surface area (Å²) in [5.74, 6) is -1.06. The first-order valence-electron chi connectivity index (χ1n) is 4.63. The number of aliphatic carboxylic acids is 1. The molecular weight excluding hydrogens is 274 g/mol. The fraction of sp³-hybridized carbons (Fsp3) is 0.273. The van der Waals surface area contributed by atoms with E-state index in [4.69, 9.17) is 5.11 Å². The number of likely N-dealkylation sites (N-methyl/N-ethyl adjacent to an activating group) is 1. The summed E-state index contributed by atoms with van der Waals surface area (Å²) in [6, 6.07) is 4.38. The molecule has 0 heterocycles. The Morgan fingerprint density at radius 3 is 2.62 bits per heavy atom. The van der Waals surface area contributed by atoms with Gasteiger partial charge in [0.25, 0.3) is 0 Å². The molecule has 1 aromatic carbocycles. The smallest absolute Gasteiger partial charge is 0.331 e. The zero-order chi connectivity index (χ0) is 12.3. The molecule has 0 aliphatic carbocycles. The van der Waals surface area contributed by atoms with Crippen molar-refractivity contribution in [3.05, 3.63) is 33.8 Å². The van der Waals surface area contributed by atoms with Crippen LogP contribution in [0.2, 0.25) is 0 Å². The Morgan fingerprint density at radius 1 is 1.56 bits per heavy atom. The number of carbonyl (C=O) groups is 2. The van der Waals surface area contributed by atoms with Crippen molar-refractivity contribution in [3.8, 4) is 0 Å². The van der Waals surface area contributed by atoms with Crippen LogP contribution in [0.1, 0.15) is 17.2 Å². The van der Waals surface area contributed by atoms with E-state index in [1.54, 1.807) is 6.07 Å². The third-order valence-electron chi connectivity index (χ3n) is 2.26. The van der Waals surface area contributed by atoms with Crippen LogP contribution in [0.25, 0.3) is 0 Å². The summed E-state index contributed by atoms with van der Waals surface area (Å²) in [7, 11) is 1.44. The summed E-state index contributed by atoms with van der Waals surface area (Å²) in [6.07, 6.45) is 0.505. The van der Waals surface area contributed by atoms with E-state index in [0.29, 0.717) is 16.4 Å². The molecule has 5 heteroatoms. The molecule has 16 heavy (non-hydrogen) atoms. The van der Waals surface area contributed by atoms with Crippen molar-refractivity contribution in [2.24, 2.45) is 0 Å². The monoisotopic (exact) mass is 285 g/mol. The van der Waals surface area contributed by atoms with Crippen molar-refractivity contribution < 1.29 is 14.7 Å². The van der Waals surface area contributed by atoms with E-state index in [1.165, 1.54) is 7.05 Å². The fourth-order valence-electron chi connectivity index (χ4n) is 1.44. The van der Waals surface area contributed by atoms with Crippen molar-refractivity contribution in [1.82, 2.24) is 4.90 Å². The highest BCUT2D eigenvalue weighted by Gasteiger charge is 2.25. The van der Waals surface area contributed by atoms with Gasteiger partial charge in [-0.05, 0) is 18.6 Å². The van der Waals surface area contributed by atoms with Crippen molar-refractivity contribution in [1.29, 1.82) is 0 Å². The maximum absolute atomic E-state index is 11.1. The molecule has 4 nitrogen and oxygen atoms in total. The van der Waals surface area contributed by atoms with E-state index < -0.39 is 12.0 Å². The molecule has 0 bridgehead atoms. The number of carboxylic acids is 1. The van der Waals surface area contributed by atoms with Crippen LogP contribution < -0.4 is 0 Å². The van der Waals surface area contributed by atoms with Gasteiger partial charge in [-0.25, -0.2) is 4.79 Å². The number of aryl methyl sites for hydroxylation is 1. The number of halogens is 1. The van der Waals surface area contributed by atoms with E-state index in [9.17, 15) is 9.59 Å². The average molecular weight is 286 g/mol. The lowest BCUT2D eigenvalue weighted by atomic mass is 10.0. The lowest BCUT2D eigenvalue weighted by molar-refractivity contribution is -0.145. The third-order valence-corrected chi connectivity index (χ3v) is 2.94. The van der Waals surface area contributed by atoms with Gasteiger partial charge in [0.15, 0.2) is 6.04 Å². The average Bonchev–Trinajstić information content (AvgIpc) is 2.21. The molecule has 86 valence electrons. The maximum atomic E-state index is 11.1. The highest BCUT2D eigenvalue weighted by Crippen LogP contribution is 2.27. The first-order chi connectivity index (χ1) is 7.47. The number of hydrogen-bond acceptors (Lipinski definition) is 2. The molecule has 1 amide bonds. The lowest BCUT2D eigenvalue weighted by Crippen LogP contribution is -2.30. The Kier molecular flexibility index (Phi) is 4.06. The SMILES string of the molecule is Cc1ccc(C(C(=O)O)N(C)C=O)c(Br)c1. The van der Waals surface area contributed by atoms with E-state index in [1.807, 2.05) is 19.1 Å². The van der Waals surface area contributed by atoms with Crippen LogP contribution in [0.4, 0.5) is 0 Å². The predicted molar refractivity (Wildman–Crippen MR) is 63.1 cm³/mol. The van der Waals surface area contributed by atoms with Gasteiger partial charge >= 0.3 is 5.97 Å². The maximum Gasteiger partial charge on any atom is 0.331 e. The predicted octanol–water partition coefficient (Wildman–Crippen LogP) is 1.97. The Balaban J connectivity index is 3.21. The van der Waals surface area contributed by atoms with Crippen LogP contribution in [0.3, 0.4) is 0 Å². The second kappa shape index (κ2) is 5.12. The summed E-state index contributed by atoms with van der Waals surface area (Å²) >= 11 is 3.31. The molecule has 1 N–H and O–H groups in total. The molecule has 0 aliphatic rings. The zero-order valence-corrected chi connectivity index (χ0v) is 10.6. The van der Waals surface area contributed by atoms with E-state index in [-0.39, 0.29) is 0 Å². The quantitative estimate of drug-likeness (QED) is 0.861. The summed E-state index contributed by atoms with van der Waals surface area (Å²) in [4.78, 5) is 22.9. The Morgan fingerprint density at radius 2 is 2.19 bits per heavy atom. The Labute approximate surface area is 102 Å². The molecule has 0 aromatic heterocycles. The number of nitrogens with zero attached hydrogens (tertiary/aromatic N) is 1. The summed E-state index contributed by atoms with van der Waals surface area (Å²) in [5.41, 5.74) is 1.58. The van der Waals surface area contributed by atoms with Gasteiger partial charge in [0.2, 0.25) is 6.41 Å². The first kappa shape index (κ1) is 12.7. The van der Waals surface area contributed by atoms with Crippen molar-refractivity contribution in [2.45, 2.75) is 13.0 Å². The summed E-state index contributed by atoms with van der Waals surface area (Å²) in [5, 5.41) is 9.10. The van der Waals surface area contributed by atoms with Crippen molar-refractivity contribution in [3.63, 3.8) is 0 Å². The Bertz CT molecular complexity index is 420. The van der Waals surface area contributed by atoms with E-state index in [0.717, 1.165) is 10.5 Å². The number of rotatable bonds is 4. The van der Waals surface area contributed by atoms with Gasteiger partial charge in [0.1, 0.15) is 0 Å². The topological polar surface area (TPSA) is 57.6 Å². The number of carboxylic acid groups (broad SMARTS) is 1. The Hall–Kier alpha value is -1.36. The van der Waals surface area contributed by atoms with Gasteiger partial charge in [0.05, 0.1) is 0 Å². The second-order valence-corrected chi connectivity index (χ2v) is 4.39. The van der Waals surface area contributed by atoms with Gasteiger partial charge in [-0.3, -0.25) is 4.79 Å². The van der Waals surface area contributed by atoms with Gasteiger partial charge < -0.3 is 10.0 Å². The van der Waals surface area contributed by atoms with Crippen LogP contribution in [0.5, 0.6) is 0 Å². The minimum Gasteiger partial charge on any atom is -0.479 e. The van der Waals surface area contributed by atoms with Crippen LogP contribution in [-0.2, 0) is 9.59 Å². The first-order valence-corrected chi connectivity index (χ1v) is 5.42. The molecule has 0 fully saturated rings. The van der Waals surface area contributed by atoms with E-state index in [2.05, 4.69) is 15.9 Å². The van der Waals surface area contributed by atoms with Crippen LogP contribution in [-0.4, -0.2) is 29.4 Å². The summed E-state index contributed by atoms with van der Waals surface area (Å²) in [6.45, 7) is 1.91. The minimum absolute atomic E-state index is 0.505. The largest absolute Gasteiger partial charge is 0.479 e. The lowest BCUT2D eigenvalue weighted by Gasteiger charge is -2.22. The van der Waals surface area contributed by atoms with Crippen LogP contribution in [0, 0.1) is 6.92 Å². The van der Waals surface area contributed by atoms with Crippen LogP contribution >= 0.6 is 15.9 Å². The van der Waals surface area contributed by atoms with Gasteiger partial charge in [-0.15, -0.1) is 0 Å². The number of benzene rings is 1. The molecule has 1 atom stereocenters. The highest BCUT2D eigenvalue weighted by molar-refractivity contribution is 9.10. The molecule has 0 saturated carbocycles. The molecule has 0 radical (unpaired) electrons. The summed E-state index contributed by atoms with van der Waals surface area (Å²) < 4.78 is 0.689. The van der Waals surface area contributed by atoms with Crippen molar-refractivity contribution >= 4 is 28.3 Å². The van der Waals surface area contributed by atoms with Gasteiger partial charge in [-0.1, -0.05) is 28.1 Å². The van der Waals surface area contributed by atoms with Crippen LogP contribution in [0.15, 0.2) is 22.7 Å². The fourth-order valence-corrected chi connectivity index (χ4v) is 2.15. The number of hydrogen-bond donors (Lipinski definition) is 1. The number of carbonyl (C=O) groups excluding carboxylic acids is 1. The molecule has 0 aliphatic heterocycles. The molecular formula is C11H12BrNO3.